The van der Waals surface area contributed by atoms with Gasteiger partial charge in [0.15, 0.2) is 0 Å². The number of aromatic carboxylic acids is 1. The van der Waals surface area contributed by atoms with Crippen LogP contribution in [0.25, 0.3) is 0 Å². The van der Waals surface area contributed by atoms with E-state index in [9.17, 15) is 13.6 Å². The highest BCUT2D eigenvalue weighted by atomic mass is 19.1. The van der Waals surface area contributed by atoms with Crippen molar-refractivity contribution in [1.29, 1.82) is 0 Å². The number of hydrogen-bond acceptors (Lipinski definition) is 2. The monoisotopic (exact) mass is 317 g/mol. The summed E-state index contributed by atoms with van der Waals surface area (Å²) in [5.74, 6) is -2.03. The highest BCUT2D eigenvalue weighted by molar-refractivity contribution is 5.87. The molecule has 0 spiro atoms. The van der Waals surface area contributed by atoms with Gasteiger partial charge in [-0.3, -0.25) is 0 Å². The van der Waals surface area contributed by atoms with Crippen molar-refractivity contribution in [2.24, 2.45) is 0 Å². The molecule has 0 radical (unpaired) electrons. The van der Waals surface area contributed by atoms with Crippen LogP contribution in [0.2, 0.25) is 0 Å². The summed E-state index contributed by atoms with van der Waals surface area (Å²) in [5, 5.41) is 12.2. The van der Waals surface area contributed by atoms with Gasteiger partial charge < -0.3 is 10.4 Å². The normalized spacial score (nSPS) is 15.4. The standard InChI is InChI=1S/C18H17F2NO2/c19-14-4-5-15(16(20)9-14)18(6-7-18)11-21-10-12-2-1-3-13(8-12)17(22)23/h1-5,8-9,21H,6-7,10-11H2,(H,22,23). The molecule has 2 aromatic rings. The molecule has 0 amide bonds. The average Bonchev–Trinajstić information content (AvgIpc) is 3.28. The summed E-state index contributed by atoms with van der Waals surface area (Å²) in [6.45, 7) is 1.08. The van der Waals surface area contributed by atoms with Gasteiger partial charge in [-0.15, -0.1) is 0 Å². The Morgan fingerprint density at radius 2 is 1.96 bits per heavy atom. The summed E-state index contributed by atoms with van der Waals surface area (Å²) in [6, 6.07) is 10.4. The number of carboxylic acids is 1. The van der Waals surface area contributed by atoms with Crippen molar-refractivity contribution in [3.05, 3.63) is 70.8 Å². The molecule has 2 N–H and O–H groups in total. The van der Waals surface area contributed by atoms with E-state index in [0.717, 1.165) is 24.5 Å². The van der Waals surface area contributed by atoms with Crippen molar-refractivity contribution in [1.82, 2.24) is 5.32 Å². The topological polar surface area (TPSA) is 49.3 Å². The van der Waals surface area contributed by atoms with Gasteiger partial charge in [0.1, 0.15) is 11.6 Å². The number of carboxylic acid groups (broad SMARTS) is 1. The number of nitrogens with one attached hydrogen (secondary N) is 1. The van der Waals surface area contributed by atoms with Crippen LogP contribution < -0.4 is 5.32 Å². The molecule has 23 heavy (non-hydrogen) atoms. The van der Waals surface area contributed by atoms with Gasteiger partial charge in [-0.2, -0.15) is 0 Å². The number of rotatable bonds is 6. The molecule has 0 bridgehead atoms. The molecule has 120 valence electrons. The van der Waals surface area contributed by atoms with E-state index in [4.69, 9.17) is 5.11 Å². The van der Waals surface area contributed by atoms with Crippen molar-refractivity contribution < 1.29 is 18.7 Å². The van der Waals surface area contributed by atoms with Crippen LogP contribution >= 0.6 is 0 Å². The Bertz CT molecular complexity index is 742. The van der Waals surface area contributed by atoms with Crippen LogP contribution in [0.15, 0.2) is 42.5 Å². The SMILES string of the molecule is O=C(O)c1cccc(CNCC2(c3ccc(F)cc3F)CC2)c1. The Kier molecular flexibility index (Phi) is 4.13. The van der Waals surface area contributed by atoms with E-state index in [1.807, 2.05) is 6.07 Å². The van der Waals surface area contributed by atoms with Crippen molar-refractivity contribution >= 4 is 5.97 Å². The first-order valence-electron chi connectivity index (χ1n) is 7.49. The van der Waals surface area contributed by atoms with Crippen LogP contribution in [0.3, 0.4) is 0 Å². The largest absolute Gasteiger partial charge is 0.478 e. The minimum atomic E-state index is -0.959. The summed E-state index contributed by atoms with van der Waals surface area (Å²) < 4.78 is 27.0. The Balaban J connectivity index is 1.64. The van der Waals surface area contributed by atoms with E-state index >= 15 is 0 Å². The van der Waals surface area contributed by atoms with E-state index in [1.165, 1.54) is 12.1 Å². The van der Waals surface area contributed by atoms with Crippen molar-refractivity contribution in [3.63, 3.8) is 0 Å². The fourth-order valence-electron chi connectivity index (χ4n) is 2.87. The third kappa shape index (κ3) is 3.40. The molecule has 0 heterocycles. The molecular weight excluding hydrogens is 300 g/mol. The maximum atomic E-state index is 13.9. The predicted octanol–water partition coefficient (Wildman–Crippen LogP) is 3.48. The first kappa shape index (κ1) is 15.6. The number of hydrogen-bond donors (Lipinski definition) is 2. The summed E-state index contributed by atoms with van der Waals surface area (Å²) in [7, 11) is 0. The van der Waals surface area contributed by atoms with Crippen LogP contribution in [0.5, 0.6) is 0 Å². The molecule has 3 nitrogen and oxygen atoms in total. The summed E-state index contributed by atoms with van der Waals surface area (Å²) >= 11 is 0. The zero-order valence-corrected chi connectivity index (χ0v) is 12.5. The Hall–Kier alpha value is -2.27. The van der Waals surface area contributed by atoms with Gasteiger partial charge in [0.05, 0.1) is 5.56 Å². The first-order valence-corrected chi connectivity index (χ1v) is 7.49. The van der Waals surface area contributed by atoms with Crippen molar-refractivity contribution in [3.8, 4) is 0 Å². The first-order chi connectivity index (χ1) is 11.0. The molecule has 1 aliphatic rings. The van der Waals surface area contributed by atoms with Crippen molar-refractivity contribution in [2.75, 3.05) is 6.54 Å². The van der Waals surface area contributed by atoms with Crippen LogP contribution in [-0.4, -0.2) is 17.6 Å². The van der Waals surface area contributed by atoms with Gasteiger partial charge >= 0.3 is 5.97 Å². The number of benzene rings is 2. The maximum Gasteiger partial charge on any atom is 0.335 e. The zero-order valence-electron chi connectivity index (χ0n) is 12.5. The second-order valence-electron chi connectivity index (χ2n) is 6.01. The minimum Gasteiger partial charge on any atom is -0.478 e. The Morgan fingerprint density at radius 1 is 1.17 bits per heavy atom. The van der Waals surface area contributed by atoms with Crippen LogP contribution in [0.1, 0.15) is 34.3 Å². The van der Waals surface area contributed by atoms with Gasteiger partial charge in [-0.05, 0) is 42.2 Å². The van der Waals surface area contributed by atoms with Gasteiger partial charge in [0.25, 0.3) is 0 Å². The van der Waals surface area contributed by atoms with E-state index in [-0.39, 0.29) is 11.0 Å². The van der Waals surface area contributed by atoms with E-state index in [2.05, 4.69) is 5.32 Å². The average molecular weight is 317 g/mol. The molecule has 0 atom stereocenters. The lowest BCUT2D eigenvalue weighted by Gasteiger charge is -2.17. The summed E-state index contributed by atoms with van der Waals surface area (Å²) in [5.41, 5.74) is 1.38. The zero-order chi connectivity index (χ0) is 16.4. The quantitative estimate of drug-likeness (QED) is 0.857. The van der Waals surface area contributed by atoms with Gasteiger partial charge in [-0.25, -0.2) is 13.6 Å². The minimum absolute atomic E-state index is 0.245. The third-order valence-electron chi connectivity index (χ3n) is 4.32. The lowest BCUT2D eigenvalue weighted by Crippen LogP contribution is -2.27. The lowest BCUT2D eigenvalue weighted by atomic mass is 9.95. The fourth-order valence-corrected chi connectivity index (χ4v) is 2.87. The maximum absolute atomic E-state index is 13.9. The van der Waals surface area contributed by atoms with E-state index in [0.29, 0.717) is 18.7 Å². The molecule has 5 heteroatoms. The number of carbonyl (C=O) groups is 1. The lowest BCUT2D eigenvalue weighted by molar-refractivity contribution is 0.0696. The molecule has 1 saturated carbocycles. The highest BCUT2D eigenvalue weighted by Gasteiger charge is 2.45. The van der Waals surface area contributed by atoms with E-state index < -0.39 is 17.6 Å². The second-order valence-corrected chi connectivity index (χ2v) is 6.01. The highest BCUT2D eigenvalue weighted by Crippen LogP contribution is 2.48. The van der Waals surface area contributed by atoms with Gasteiger partial charge in [-0.1, -0.05) is 18.2 Å². The molecule has 1 aliphatic carbocycles. The molecule has 3 rings (SSSR count). The smallest absolute Gasteiger partial charge is 0.335 e. The number of halogens is 2. The van der Waals surface area contributed by atoms with Crippen LogP contribution in [0.4, 0.5) is 8.78 Å². The molecule has 1 fully saturated rings. The Morgan fingerprint density at radius 3 is 2.61 bits per heavy atom. The summed E-state index contributed by atoms with van der Waals surface area (Å²) in [6.07, 6.45) is 1.72. The van der Waals surface area contributed by atoms with E-state index in [1.54, 1.807) is 18.2 Å². The second kappa shape index (κ2) is 6.08. The molecule has 0 unspecified atom stereocenters. The third-order valence-corrected chi connectivity index (χ3v) is 4.32. The van der Waals surface area contributed by atoms with Gasteiger partial charge in [0.2, 0.25) is 0 Å². The molecule has 2 aromatic carbocycles. The predicted molar refractivity (Wildman–Crippen MR) is 82.4 cm³/mol. The molecular formula is C18H17F2NO2. The van der Waals surface area contributed by atoms with Crippen LogP contribution in [0, 0.1) is 11.6 Å². The molecule has 0 aromatic heterocycles. The van der Waals surface area contributed by atoms with Gasteiger partial charge in [0, 0.05) is 24.6 Å². The molecule has 0 saturated heterocycles. The Labute approximate surface area is 133 Å². The van der Waals surface area contributed by atoms with Crippen LogP contribution in [-0.2, 0) is 12.0 Å². The van der Waals surface area contributed by atoms with Crippen molar-refractivity contribution in [2.45, 2.75) is 24.8 Å². The fraction of sp³-hybridized carbons (Fsp3) is 0.278. The summed E-state index contributed by atoms with van der Waals surface area (Å²) in [4.78, 5) is 11.0. The molecule has 0 aliphatic heterocycles.